The van der Waals surface area contributed by atoms with Gasteiger partial charge >= 0.3 is 0 Å². The lowest BCUT2D eigenvalue weighted by atomic mass is 9.75. The summed E-state index contributed by atoms with van der Waals surface area (Å²) < 4.78 is 0. The molecular weight excluding hydrogens is 326 g/mol. The number of rotatable bonds is 5. The Morgan fingerprint density at radius 1 is 1.31 bits per heavy atom. The molecular formula is C21H21N3O2. The third-order valence-corrected chi connectivity index (χ3v) is 4.76. The molecule has 1 N–H and O–H groups in total. The van der Waals surface area contributed by atoms with Gasteiger partial charge in [0.25, 0.3) is 0 Å². The van der Waals surface area contributed by atoms with Gasteiger partial charge in [-0.2, -0.15) is 5.26 Å². The van der Waals surface area contributed by atoms with E-state index in [9.17, 15) is 15.2 Å². The molecule has 3 atom stereocenters. The highest BCUT2D eigenvalue weighted by atomic mass is 16.3. The standard InChI is InChI=1S/C21H21N3O2/c1-2-5-15-7-9-16(10-8-15)21-18(13-22)24(19(21)14-25)20(26)12-17-6-3-4-11-23-17/h2-11,18-19,21,25H,12,14H2,1H3/b5-2+/t18-,19+,21+/m0/s1. The van der Waals surface area contributed by atoms with Gasteiger partial charge in [0.05, 0.1) is 25.1 Å². The van der Waals surface area contributed by atoms with Gasteiger partial charge in [0.1, 0.15) is 6.04 Å². The van der Waals surface area contributed by atoms with E-state index in [4.69, 9.17) is 0 Å². The minimum absolute atomic E-state index is 0.127. The van der Waals surface area contributed by atoms with Gasteiger partial charge in [-0.1, -0.05) is 42.5 Å². The molecule has 0 bridgehead atoms. The van der Waals surface area contributed by atoms with Crippen molar-refractivity contribution in [1.82, 2.24) is 9.88 Å². The van der Waals surface area contributed by atoms with Gasteiger partial charge in [-0.05, 0) is 30.2 Å². The largest absolute Gasteiger partial charge is 0.394 e. The van der Waals surface area contributed by atoms with E-state index < -0.39 is 6.04 Å². The van der Waals surface area contributed by atoms with E-state index in [0.717, 1.165) is 11.1 Å². The summed E-state index contributed by atoms with van der Waals surface area (Å²) in [6, 6.07) is 14.6. The van der Waals surface area contributed by atoms with E-state index in [1.165, 1.54) is 4.90 Å². The number of aliphatic hydroxyl groups is 1. The van der Waals surface area contributed by atoms with Crippen molar-refractivity contribution in [2.75, 3.05) is 6.61 Å². The Morgan fingerprint density at radius 3 is 2.65 bits per heavy atom. The maximum absolute atomic E-state index is 12.7. The molecule has 1 amide bonds. The number of amides is 1. The van der Waals surface area contributed by atoms with Crippen molar-refractivity contribution in [3.8, 4) is 6.07 Å². The van der Waals surface area contributed by atoms with Crippen LogP contribution in [-0.2, 0) is 11.2 Å². The number of nitrogens with zero attached hydrogens (tertiary/aromatic N) is 3. The van der Waals surface area contributed by atoms with E-state index >= 15 is 0 Å². The van der Waals surface area contributed by atoms with Crippen molar-refractivity contribution in [2.24, 2.45) is 0 Å². The minimum Gasteiger partial charge on any atom is -0.394 e. The number of benzene rings is 1. The second kappa shape index (κ2) is 7.94. The lowest BCUT2D eigenvalue weighted by Crippen LogP contribution is -2.65. The van der Waals surface area contributed by atoms with Crippen molar-refractivity contribution in [3.05, 3.63) is 71.6 Å². The molecule has 1 aromatic carbocycles. The molecule has 0 spiro atoms. The molecule has 5 nitrogen and oxygen atoms in total. The van der Waals surface area contributed by atoms with Crippen LogP contribution >= 0.6 is 0 Å². The van der Waals surface area contributed by atoms with Crippen molar-refractivity contribution in [3.63, 3.8) is 0 Å². The Balaban J connectivity index is 1.79. The molecule has 0 aliphatic carbocycles. The van der Waals surface area contributed by atoms with Gasteiger partial charge in [0.15, 0.2) is 0 Å². The number of allylic oxidation sites excluding steroid dienone is 1. The van der Waals surface area contributed by atoms with Gasteiger partial charge in [0, 0.05) is 17.8 Å². The molecule has 1 fully saturated rings. The smallest absolute Gasteiger partial charge is 0.230 e. The average Bonchev–Trinajstić information content (AvgIpc) is 2.64. The molecule has 132 valence electrons. The maximum atomic E-state index is 12.7. The van der Waals surface area contributed by atoms with E-state index in [0.29, 0.717) is 5.69 Å². The first-order chi connectivity index (χ1) is 12.7. The second-order valence-electron chi connectivity index (χ2n) is 6.32. The van der Waals surface area contributed by atoms with Gasteiger partial charge in [-0.15, -0.1) is 0 Å². The summed E-state index contributed by atoms with van der Waals surface area (Å²) in [7, 11) is 0. The fourth-order valence-electron chi connectivity index (χ4n) is 3.52. The molecule has 2 aromatic rings. The highest BCUT2D eigenvalue weighted by Crippen LogP contribution is 2.40. The summed E-state index contributed by atoms with van der Waals surface area (Å²) >= 11 is 0. The second-order valence-corrected chi connectivity index (χ2v) is 6.32. The zero-order valence-electron chi connectivity index (χ0n) is 14.6. The van der Waals surface area contributed by atoms with Crippen molar-refractivity contribution in [1.29, 1.82) is 5.26 Å². The van der Waals surface area contributed by atoms with Crippen molar-refractivity contribution in [2.45, 2.75) is 31.3 Å². The fourth-order valence-corrected chi connectivity index (χ4v) is 3.52. The number of nitriles is 1. The number of pyridine rings is 1. The molecule has 1 aliphatic heterocycles. The zero-order valence-corrected chi connectivity index (χ0v) is 14.6. The first-order valence-corrected chi connectivity index (χ1v) is 8.63. The number of aromatic nitrogens is 1. The van der Waals surface area contributed by atoms with Crippen LogP contribution in [0.1, 0.15) is 29.7 Å². The van der Waals surface area contributed by atoms with E-state index in [1.54, 1.807) is 18.3 Å². The van der Waals surface area contributed by atoms with Crippen LogP contribution in [0.5, 0.6) is 0 Å². The van der Waals surface area contributed by atoms with Gasteiger partial charge in [-0.25, -0.2) is 0 Å². The minimum atomic E-state index is -0.573. The van der Waals surface area contributed by atoms with Gasteiger partial charge in [-0.3, -0.25) is 9.78 Å². The molecule has 3 rings (SSSR count). The predicted molar refractivity (Wildman–Crippen MR) is 99.0 cm³/mol. The van der Waals surface area contributed by atoms with Crippen LogP contribution in [0.15, 0.2) is 54.7 Å². The van der Waals surface area contributed by atoms with Crippen LogP contribution in [0.3, 0.4) is 0 Å². The molecule has 0 radical (unpaired) electrons. The van der Waals surface area contributed by atoms with E-state index in [1.807, 2.05) is 49.4 Å². The van der Waals surface area contributed by atoms with Crippen LogP contribution in [0.4, 0.5) is 0 Å². The van der Waals surface area contributed by atoms with Gasteiger partial charge < -0.3 is 10.0 Å². The molecule has 1 saturated heterocycles. The molecule has 1 aliphatic rings. The average molecular weight is 347 g/mol. The molecule has 0 unspecified atom stereocenters. The zero-order chi connectivity index (χ0) is 18.5. The SMILES string of the molecule is C/C=C/c1ccc([C@H]2[C@@H](CO)N(C(=O)Cc3ccccn3)[C@H]2C#N)cc1. The first kappa shape index (κ1) is 17.8. The third kappa shape index (κ3) is 3.37. The van der Waals surface area contributed by atoms with E-state index in [2.05, 4.69) is 11.1 Å². The van der Waals surface area contributed by atoms with Crippen LogP contribution in [0, 0.1) is 11.3 Å². The monoisotopic (exact) mass is 347 g/mol. The Bertz CT molecular complexity index is 825. The van der Waals surface area contributed by atoms with Crippen LogP contribution in [0.25, 0.3) is 6.08 Å². The summed E-state index contributed by atoms with van der Waals surface area (Å²) in [4.78, 5) is 18.3. The number of hydrogen-bond donors (Lipinski definition) is 1. The first-order valence-electron chi connectivity index (χ1n) is 8.63. The lowest BCUT2D eigenvalue weighted by Gasteiger charge is -2.51. The number of carbonyl (C=O) groups is 1. The number of likely N-dealkylation sites (tertiary alicyclic amines) is 1. The summed E-state index contributed by atoms with van der Waals surface area (Å²) in [6.45, 7) is 1.78. The summed E-state index contributed by atoms with van der Waals surface area (Å²) in [6.07, 6.45) is 5.73. The van der Waals surface area contributed by atoms with Crippen LogP contribution < -0.4 is 0 Å². The third-order valence-electron chi connectivity index (χ3n) is 4.76. The van der Waals surface area contributed by atoms with E-state index in [-0.39, 0.29) is 30.9 Å². The van der Waals surface area contributed by atoms with Crippen LogP contribution in [0.2, 0.25) is 0 Å². The molecule has 1 aromatic heterocycles. The summed E-state index contributed by atoms with van der Waals surface area (Å²) in [5, 5.41) is 19.4. The highest BCUT2D eigenvalue weighted by molar-refractivity contribution is 5.81. The summed E-state index contributed by atoms with van der Waals surface area (Å²) in [5.74, 6) is -0.367. The van der Waals surface area contributed by atoms with Gasteiger partial charge in [0.2, 0.25) is 5.91 Å². The Morgan fingerprint density at radius 2 is 2.08 bits per heavy atom. The number of aliphatic hydroxyl groups excluding tert-OH is 1. The molecule has 5 heteroatoms. The topological polar surface area (TPSA) is 77.2 Å². The van der Waals surface area contributed by atoms with Crippen molar-refractivity contribution >= 4 is 12.0 Å². The highest BCUT2D eigenvalue weighted by Gasteiger charge is 2.51. The Hall–Kier alpha value is -2.97. The number of hydrogen-bond acceptors (Lipinski definition) is 4. The van der Waals surface area contributed by atoms with Crippen LogP contribution in [-0.4, -0.2) is 39.6 Å². The van der Waals surface area contributed by atoms with Crippen molar-refractivity contribution < 1.29 is 9.90 Å². The lowest BCUT2D eigenvalue weighted by molar-refractivity contribution is -0.146. The predicted octanol–water partition coefficient (Wildman–Crippen LogP) is 2.54. The Labute approximate surface area is 153 Å². The Kier molecular flexibility index (Phi) is 5.45. The molecule has 2 heterocycles. The molecule has 26 heavy (non-hydrogen) atoms. The normalized spacial score (nSPS) is 22.0. The molecule has 0 saturated carbocycles. The quantitative estimate of drug-likeness (QED) is 0.902. The maximum Gasteiger partial charge on any atom is 0.230 e. The number of carbonyl (C=O) groups excluding carboxylic acids is 1. The fraction of sp³-hybridized carbons (Fsp3) is 0.286. The summed E-state index contributed by atoms with van der Waals surface area (Å²) in [5.41, 5.74) is 2.70.